The van der Waals surface area contributed by atoms with Crippen LogP contribution in [0.15, 0.2) is 24.4 Å². The van der Waals surface area contributed by atoms with E-state index in [0.717, 1.165) is 11.3 Å². The Morgan fingerprint density at radius 1 is 1.14 bits per heavy atom. The van der Waals surface area contributed by atoms with Crippen LogP contribution in [-0.4, -0.2) is 34.5 Å². The van der Waals surface area contributed by atoms with Crippen molar-refractivity contribution in [3.63, 3.8) is 0 Å². The second-order valence-electron chi connectivity index (χ2n) is 9.16. The second kappa shape index (κ2) is 7.02. The van der Waals surface area contributed by atoms with Crippen LogP contribution in [0.2, 0.25) is 0 Å². The van der Waals surface area contributed by atoms with E-state index in [2.05, 4.69) is 54.2 Å². The van der Waals surface area contributed by atoms with E-state index in [1.807, 2.05) is 10.9 Å². The molecule has 3 fully saturated rings. The highest BCUT2D eigenvalue weighted by atomic mass is 16.7. The lowest BCUT2D eigenvalue weighted by molar-refractivity contribution is -0.227. The molecule has 0 radical (unpaired) electrons. The summed E-state index contributed by atoms with van der Waals surface area (Å²) in [5, 5.41) is 8.74. The first-order chi connectivity index (χ1) is 13.6. The largest absolute Gasteiger partial charge is 0.350 e. The van der Waals surface area contributed by atoms with Crippen LogP contribution in [0.1, 0.15) is 56.6 Å². The van der Waals surface area contributed by atoms with Crippen molar-refractivity contribution < 1.29 is 9.47 Å². The van der Waals surface area contributed by atoms with Crippen molar-refractivity contribution in [3.05, 3.63) is 35.5 Å². The van der Waals surface area contributed by atoms with Gasteiger partial charge in [0.2, 0.25) is 0 Å². The van der Waals surface area contributed by atoms with Crippen molar-refractivity contribution in [1.82, 2.24) is 15.0 Å². The van der Waals surface area contributed by atoms with Gasteiger partial charge in [-0.25, -0.2) is 4.68 Å². The minimum Gasteiger partial charge on any atom is -0.350 e. The lowest BCUT2D eigenvalue weighted by atomic mass is 9.96. The summed E-state index contributed by atoms with van der Waals surface area (Å²) in [6.07, 6.45) is 6.76. The van der Waals surface area contributed by atoms with E-state index in [9.17, 15) is 0 Å². The first-order valence-corrected chi connectivity index (χ1v) is 10.3. The van der Waals surface area contributed by atoms with Gasteiger partial charge in [0.05, 0.1) is 26.0 Å². The zero-order valence-electron chi connectivity index (χ0n) is 16.6. The Balaban J connectivity index is 1.33. The summed E-state index contributed by atoms with van der Waals surface area (Å²) in [6.45, 7) is 6.26. The highest BCUT2D eigenvalue weighted by molar-refractivity contribution is 5.66. The molecule has 5 rings (SSSR count). The highest BCUT2D eigenvalue weighted by Crippen LogP contribution is 2.44. The number of benzene rings is 1. The van der Waals surface area contributed by atoms with Gasteiger partial charge in [0.25, 0.3) is 0 Å². The third-order valence-electron chi connectivity index (χ3n) is 5.54. The maximum atomic E-state index is 5.83. The molecule has 0 unspecified atom stereocenters. The topological polar surface area (TPSA) is 49.2 Å². The summed E-state index contributed by atoms with van der Waals surface area (Å²) < 4.78 is 13.5. The summed E-state index contributed by atoms with van der Waals surface area (Å²) in [5.74, 6) is 7.97. The van der Waals surface area contributed by atoms with Crippen LogP contribution in [0.3, 0.4) is 0 Å². The number of rotatable bonds is 4. The molecule has 0 amide bonds. The van der Waals surface area contributed by atoms with Crippen LogP contribution in [0.5, 0.6) is 0 Å². The van der Waals surface area contributed by atoms with Gasteiger partial charge in [-0.05, 0) is 49.3 Å². The molecule has 3 aliphatic rings. The van der Waals surface area contributed by atoms with Crippen LogP contribution < -0.4 is 0 Å². The van der Waals surface area contributed by atoms with Crippen molar-refractivity contribution >= 4 is 0 Å². The van der Waals surface area contributed by atoms with Gasteiger partial charge in [0, 0.05) is 22.5 Å². The fourth-order valence-corrected chi connectivity index (χ4v) is 3.51. The normalized spacial score (nSPS) is 21.9. The minimum atomic E-state index is -0.259. The highest BCUT2D eigenvalue weighted by Gasteiger charge is 2.30. The third-order valence-corrected chi connectivity index (χ3v) is 5.54. The minimum absolute atomic E-state index is 0.0767. The van der Waals surface area contributed by atoms with Gasteiger partial charge in [-0.1, -0.05) is 37.0 Å². The predicted molar refractivity (Wildman–Crippen MR) is 107 cm³/mol. The van der Waals surface area contributed by atoms with Gasteiger partial charge in [0.1, 0.15) is 5.69 Å². The molecule has 1 aromatic heterocycles. The average molecular weight is 377 g/mol. The number of aromatic nitrogens is 3. The summed E-state index contributed by atoms with van der Waals surface area (Å²) >= 11 is 0. The number of ether oxygens (including phenoxy) is 2. The summed E-state index contributed by atoms with van der Waals surface area (Å²) in [6, 6.07) is 6.54. The second-order valence-corrected chi connectivity index (χ2v) is 9.16. The Hall–Kier alpha value is -2.16. The van der Waals surface area contributed by atoms with Crippen LogP contribution in [0.25, 0.3) is 11.3 Å². The van der Waals surface area contributed by atoms with Gasteiger partial charge in [-0.15, -0.1) is 5.10 Å². The predicted octanol–water partition coefficient (Wildman–Crippen LogP) is 3.98. The first kappa shape index (κ1) is 17.9. The van der Waals surface area contributed by atoms with Crippen molar-refractivity contribution in [2.45, 2.75) is 58.3 Å². The molecule has 0 bridgehead atoms. The van der Waals surface area contributed by atoms with Gasteiger partial charge in [-0.2, -0.15) is 0 Å². The fraction of sp³-hybridized carbons (Fsp3) is 0.565. The van der Waals surface area contributed by atoms with E-state index in [1.165, 1.54) is 36.8 Å². The summed E-state index contributed by atoms with van der Waals surface area (Å²) in [4.78, 5) is 0. The van der Waals surface area contributed by atoms with Gasteiger partial charge in [-0.3, -0.25) is 0 Å². The molecule has 2 aromatic rings. The molecule has 2 aliphatic carbocycles. The molecule has 1 aliphatic heterocycles. The van der Waals surface area contributed by atoms with Crippen molar-refractivity contribution in [3.8, 4) is 23.1 Å². The molecule has 5 nitrogen and oxygen atoms in total. The number of hydrogen-bond donors (Lipinski definition) is 0. The Morgan fingerprint density at radius 3 is 2.64 bits per heavy atom. The van der Waals surface area contributed by atoms with E-state index in [1.54, 1.807) is 0 Å². The first-order valence-electron chi connectivity index (χ1n) is 10.3. The third kappa shape index (κ3) is 4.14. The Kier molecular flexibility index (Phi) is 4.49. The SMILES string of the molecule is CC1(C)COC(Cn2cc(-c3ccc(C#CC4CC4)cc3C3CC3)nn2)OC1. The van der Waals surface area contributed by atoms with Crippen molar-refractivity contribution in [2.75, 3.05) is 13.2 Å². The molecule has 2 saturated carbocycles. The quantitative estimate of drug-likeness (QED) is 0.756. The van der Waals surface area contributed by atoms with Gasteiger partial charge < -0.3 is 9.47 Å². The fourth-order valence-electron chi connectivity index (χ4n) is 3.51. The van der Waals surface area contributed by atoms with Crippen LogP contribution in [-0.2, 0) is 16.0 Å². The number of nitrogens with zero attached hydrogens (tertiary/aromatic N) is 3. The average Bonchev–Trinajstić information content (AvgIpc) is 3.61. The molecule has 28 heavy (non-hydrogen) atoms. The molecule has 5 heteroatoms. The van der Waals surface area contributed by atoms with E-state index in [4.69, 9.17) is 9.47 Å². The summed E-state index contributed by atoms with van der Waals surface area (Å²) in [5.41, 5.74) is 4.66. The molecule has 146 valence electrons. The van der Waals surface area contributed by atoms with E-state index >= 15 is 0 Å². The van der Waals surface area contributed by atoms with Gasteiger partial charge >= 0.3 is 0 Å². The van der Waals surface area contributed by atoms with E-state index in [-0.39, 0.29) is 11.7 Å². The van der Waals surface area contributed by atoms with Crippen molar-refractivity contribution in [1.29, 1.82) is 0 Å². The molecule has 1 saturated heterocycles. The van der Waals surface area contributed by atoms with Crippen molar-refractivity contribution in [2.24, 2.45) is 11.3 Å². The standard InChI is InChI=1S/C23H27N3O2/c1-23(2)14-27-22(28-15-23)13-26-12-21(24-25-26)19-10-7-17(6-5-16-3-4-16)11-20(19)18-8-9-18/h7,10-12,16,18,22H,3-4,8-9,13-15H2,1-2H3. The molecular formula is C23H27N3O2. The molecule has 2 heterocycles. The molecule has 0 N–H and O–H groups in total. The van der Waals surface area contributed by atoms with Crippen LogP contribution >= 0.6 is 0 Å². The van der Waals surface area contributed by atoms with E-state index in [0.29, 0.717) is 31.6 Å². The van der Waals surface area contributed by atoms with Gasteiger partial charge in [0.15, 0.2) is 6.29 Å². The van der Waals surface area contributed by atoms with E-state index < -0.39 is 0 Å². The Morgan fingerprint density at radius 2 is 1.93 bits per heavy atom. The van der Waals surface area contributed by atoms with Crippen LogP contribution in [0.4, 0.5) is 0 Å². The Bertz CT molecular complexity index is 919. The smallest absolute Gasteiger partial charge is 0.177 e. The maximum Gasteiger partial charge on any atom is 0.177 e. The zero-order chi connectivity index (χ0) is 19.1. The number of hydrogen-bond acceptors (Lipinski definition) is 4. The maximum absolute atomic E-state index is 5.83. The monoisotopic (exact) mass is 377 g/mol. The molecular weight excluding hydrogens is 350 g/mol. The van der Waals surface area contributed by atoms with Crippen LogP contribution in [0, 0.1) is 23.2 Å². The lowest BCUT2D eigenvalue weighted by Crippen LogP contribution is -2.39. The molecule has 0 atom stereocenters. The molecule has 0 spiro atoms. The summed E-state index contributed by atoms with van der Waals surface area (Å²) in [7, 11) is 0. The Labute approximate surface area is 166 Å². The zero-order valence-corrected chi connectivity index (χ0v) is 16.6. The lowest BCUT2D eigenvalue weighted by Gasteiger charge is -2.34. The molecule has 1 aromatic carbocycles.